The minimum Gasteiger partial charge on any atom is -0.477 e. The lowest BCUT2D eigenvalue weighted by Crippen LogP contribution is -2.36. The zero-order chi connectivity index (χ0) is 23.3. The van der Waals surface area contributed by atoms with Gasteiger partial charge in [-0.05, 0) is 49.8 Å². The number of benzene rings is 2. The Morgan fingerprint density at radius 3 is 2.55 bits per heavy atom. The quantitative estimate of drug-likeness (QED) is 0.580. The molecule has 2 fully saturated rings. The number of carbonyl (C=O) groups is 2. The number of aryl methyl sites for hydroxylation is 1. The molecule has 3 aromatic rings. The predicted octanol–water partition coefficient (Wildman–Crippen LogP) is 4.40. The fourth-order valence-corrected chi connectivity index (χ4v) is 4.58. The number of amides is 1. The molecule has 0 aliphatic heterocycles. The molecule has 0 saturated heterocycles. The number of fused-ring (bicyclic) bond motifs is 1. The summed E-state index contributed by atoms with van der Waals surface area (Å²) in [6.07, 6.45) is 3.52. The zero-order valence-electron chi connectivity index (χ0n) is 18.1. The number of aromatic carboxylic acids is 1. The smallest absolute Gasteiger partial charge is 0.408 e. The van der Waals surface area contributed by atoms with E-state index in [1.54, 1.807) is 11.5 Å². The molecular formula is C25H23FN2O5. The van der Waals surface area contributed by atoms with Crippen LogP contribution in [0, 0.1) is 12.7 Å². The highest BCUT2D eigenvalue weighted by Crippen LogP contribution is 2.49. The maximum Gasteiger partial charge on any atom is 0.408 e. The Morgan fingerprint density at radius 1 is 1.24 bits per heavy atom. The largest absolute Gasteiger partial charge is 0.477 e. The van der Waals surface area contributed by atoms with Crippen molar-refractivity contribution in [1.82, 2.24) is 9.88 Å². The van der Waals surface area contributed by atoms with Gasteiger partial charge >= 0.3 is 12.1 Å². The van der Waals surface area contributed by atoms with Gasteiger partial charge in [0.25, 0.3) is 0 Å². The van der Waals surface area contributed by atoms with E-state index in [0.717, 1.165) is 24.5 Å². The number of nitrogens with zero attached hydrogens (tertiary/aromatic N) is 1. The van der Waals surface area contributed by atoms with E-state index < -0.39 is 28.8 Å². The second kappa shape index (κ2) is 7.72. The van der Waals surface area contributed by atoms with Crippen LogP contribution >= 0.6 is 0 Å². The fraction of sp³-hybridized carbons (Fsp3) is 0.320. The average Bonchev–Trinajstić information content (AvgIpc) is 3.70. The summed E-state index contributed by atoms with van der Waals surface area (Å²) in [5, 5.41) is 12.3. The molecule has 2 aromatic carbocycles. The van der Waals surface area contributed by atoms with Crippen molar-refractivity contribution in [2.45, 2.75) is 50.8 Å². The maximum absolute atomic E-state index is 15.4. The maximum atomic E-state index is 15.4. The first-order chi connectivity index (χ1) is 15.8. The number of rotatable bonds is 6. The average molecular weight is 450 g/mol. The van der Waals surface area contributed by atoms with E-state index in [2.05, 4.69) is 5.32 Å². The third kappa shape index (κ3) is 3.75. The van der Waals surface area contributed by atoms with Gasteiger partial charge in [-0.1, -0.05) is 30.3 Å². The summed E-state index contributed by atoms with van der Waals surface area (Å²) in [5.41, 5.74) is 0.234. The monoisotopic (exact) mass is 450 g/mol. The van der Waals surface area contributed by atoms with Crippen molar-refractivity contribution in [2.24, 2.45) is 0 Å². The van der Waals surface area contributed by atoms with Crippen molar-refractivity contribution in [3.05, 3.63) is 80.9 Å². The number of hydrogen-bond donors (Lipinski definition) is 2. The molecule has 2 N–H and O–H groups in total. The standard InChI is InChI=1S/C25H23FN2O5/c1-14-20(25(9-10-25)27-24(32)33-13-15-5-3-2-4-6-15)19(26)11-17-21(14)28(16-7-8-16)12-18(22(17)29)23(30)31/h2-6,11-12,16H,7-10,13H2,1H3,(H,27,32)(H,30,31). The van der Waals surface area contributed by atoms with Gasteiger partial charge in [-0.2, -0.15) is 0 Å². The van der Waals surface area contributed by atoms with Gasteiger partial charge in [-0.15, -0.1) is 0 Å². The number of nitrogens with one attached hydrogen (secondary N) is 1. The molecule has 0 bridgehead atoms. The minimum absolute atomic E-state index is 0.0444. The van der Waals surface area contributed by atoms with Gasteiger partial charge < -0.3 is 19.7 Å². The molecule has 5 rings (SSSR count). The number of hydrogen-bond acceptors (Lipinski definition) is 4. The summed E-state index contributed by atoms with van der Waals surface area (Å²) < 4.78 is 22.5. The van der Waals surface area contributed by atoms with Crippen LogP contribution in [0.1, 0.15) is 58.8 Å². The molecule has 170 valence electrons. The van der Waals surface area contributed by atoms with E-state index in [1.807, 2.05) is 30.3 Å². The van der Waals surface area contributed by atoms with Crippen LogP contribution in [0.15, 0.2) is 47.4 Å². The molecule has 1 heterocycles. The predicted molar refractivity (Wildman–Crippen MR) is 119 cm³/mol. The van der Waals surface area contributed by atoms with Gasteiger partial charge in [0.1, 0.15) is 18.0 Å². The number of ether oxygens (including phenoxy) is 1. The molecule has 8 heteroatoms. The molecule has 33 heavy (non-hydrogen) atoms. The molecule has 0 atom stereocenters. The lowest BCUT2D eigenvalue weighted by Gasteiger charge is -2.23. The van der Waals surface area contributed by atoms with E-state index in [1.165, 1.54) is 6.20 Å². The molecular weight excluding hydrogens is 427 g/mol. The van der Waals surface area contributed by atoms with Gasteiger partial charge in [-0.3, -0.25) is 4.79 Å². The number of carboxylic acid groups (broad SMARTS) is 1. The Hall–Kier alpha value is -3.68. The van der Waals surface area contributed by atoms with E-state index in [4.69, 9.17) is 4.74 Å². The number of carbonyl (C=O) groups excluding carboxylic acids is 1. The van der Waals surface area contributed by atoms with Crippen molar-refractivity contribution >= 4 is 23.0 Å². The lowest BCUT2D eigenvalue weighted by molar-refractivity contribution is 0.0694. The van der Waals surface area contributed by atoms with Crippen LogP contribution in [-0.4, -0.2) is 21.7 Å². The summed E-state index contributed by atoms with van der Waals surface area (Å²) in [5.74, 6) is -1.97. The van der Waals surface area contributed by atoms with E-state index >= 15 is 4.39 Å². The third-order valence-corrected chi connectivity index (χ3v) is 6.46. The highest BCUT2D eigenvalue weighted by atomic mass is 19.1. The molecule has 1 aromatic heterocycles. The number of alkyl carbamates (subject to hydrolysis) is 1. The summed E-state index contributed by atoms with van der Waals surface area (Å²) >= 11 is 0. The van der Waals surface area contributed by atoms with Gasteiger partial charge in [0.05, 0.1) is 11.1 Å². The van der Waals surface area contributed by atoms with Gasteiger partial charge in [0.2, 0.25) is 5.43 Å². The number of pyridine rings is 1. The summed E-state index contributed by atoms with van der Waals surface area (Å²) in [6, 6.07) is 10.4. The van der Waals surface area contributed by atoms with Crippen LogP contribution in [0.4, 0.5) is 9.18 Å². The van der Waals surface area contributed by atoms with Gasteiger partial charge in [-0.25, -0.2) is 14.0 Å². The van der Waals surface area contributed by atoms with Crippen molar-refractivity contribution in [3.63, 3.8) is 0 Å². The Balaban J connectivity index is 1.52. The van der Waals surface area contributed by atoms with Crippen LogP contribution < -0.4 is 10.7 Å². The van der Waals surface area contributed by atoms with E-state index in [-0.39, 0.29) is 23.6 Å². The summed E-state index contributed by atoms with van der Waals surface area (Å²) in [7, 11) is 0. The normalized spacial score (nSPS) is 16.4. The van der Waals surface area contributed by atoms with Crippen LogP contribution in [0.5, 0.6) is 0 Å². The van der Waals surface area contributed by atoms with E-state index in [9.17, 15) is 19.5 Å². The molecule has 2 saturated carbocycles. The molecule has 2 aliphatic carbocycles. The topological polar surface area (TPSA) is 97.6 Å². The van der Waals surface area contributed by atoms with Gasteiger partial charge in [0.15, 0.2) is 0 Å². The Bertz CT molecular complexity index is 1340. The highest BCUT2D eigenvalue weighted by Gasteiger charge is 2.49. The lowest BCUT2D eigenvalue weighted by atomic mass is 9.94. The van der Waals surface area contributed by atoms with Crippen molar-refractivity contribution in [2.75, 3.05) is 0 Å². The second-order valence-corrected chi connectivity index (χ2v) is 8.84. The Morgan fingerprint density at radius 2 is 1.94 bits per heavy atom. The number of halogens is 1. The van der Waals surface area contributed by atoms with Gasteiger partial charge in [0, 0.05) is 23.2 Å². The molecule has 2 aliphatic rings. The van der Waals surface area contributed by atoms with Crippen molar-refractivity contribution < 1.29 is 23.8 Å². The van der Waals surface area contributed by atoms with Crippen LogP contribution in [-0.2, 0) is 16.9 Å². The first-order valence-electron chi connectivity index (χ1n) is 10.9. The summed E-state index contributed by atoms with van der Waals surface area (Å²) in [6.45, 7) is 1.82. The molecule has 0 spiro atoms. The van der Waals surface area contributed by atoms with Crippen LogP contribution in [0.3, 0.4) is 0 Å². The SMILES string of the molecule is Cc1c(C2(NC(=O)OCc3ccccc3)CC2)c(F)cc2c(=O)c(C(=O)O)cn(C3CC3)c12. The molecule has 0 radical (unpaired) electrons. The van der Waals surface area contributed by atoms with Crippen LogP contribution in [0.25, 0.3) is 10.9 Å². The number of aromatic nitrogens is 1. The van der Waals surface area contributed by atoms with Crippen molar-refractivity contribution in [1.29, 1.82) is 0 Å². The first kappa shape index (κ1) is 21.2. The van der Waals surface area contributed by atoms with Crippen LogP contribution in [0.2, 0.25) is 0 Å². The Labute approximate surface area is 188 Å². The second-order valence-electron chi connectivity index (χ2n) is 8.84. The molecule has 7 nitrogen and oxygen atoms in total. The van der Waals surface area contributed by atoms with E-state index in [0.29, 0.717) is 29.5 Å². The first-order valence-corrected chi connectivity index (χ1v) is 10.9. The third-order valence-electron chi connectivity index (χ3n) is 6.46. The molecule has 0 unspecified atom stereocenters. The number of carboxylic acids is 1. The van der Waals surface area contributed by atoms with Crippen molar-refractivity contribution in [3.8, 4) is 0 Å². The molecule has 1 amide bonds. The zero-order valence-corrected chi connectivity index (χ0v) is 18.1. The Kier molecular flexibility index (Phi) is 4.96. The minimum atomic E-state index is -1.33. The highest BCUT2D eigenvalue weighted by molar-refractivity contribution is 5.94. The fourth-order valence-electron chi connectivity index (χ4n) is 4.58. The summed E-state index contributed by atoms with van der Waals surface area (Å²) in [4.78, 5) is 36.9.